The molecule has 1 rings (SSSR count). The highest BCUT2D eigenvalue weighted by molar-refractivity contribution is 7.98. The van der Waals surface area contributed by atoms with Gasteiger partial charge >= 0.3 is 0 Å². The van der Waals surface area contributed by atoms with Crippen molar-refractivity contribution in [1.29, 1.82) is 0 Å². The van der Waals surface area contributed by atoms with Gasteiger partial charge in [0.25, 0.3) is 0 Å². The van der Waals surface area contributed by atoms with Crippen molar-refractivity contribution in [2.45, 2.75) is 19.3 Å². The molecule has 0 aromatic carbocycles. The van der Waals surface area contributed by atoms with Gasteiger partial charge in [-0.2, -0.15) is 11.8 Å². The largest absolute Gasteiger partial charge is 0.469 e. The average Bonchev–Trinajstić information content (AvgIpc) is 3.00. The lowest BCUT2D eigenvalue weighted by atomic mass is 10.3. The van der Waals surface area contributed by atoms with Gasteiger partial charge < -0.3 is 19.8 Å². The van der Waals surface area contributed by atoms with E-state index in [2.05, 4.69) is 21.9 Å². The maximum absolute atomic E-state index is 5.32. The maximum atomic E-state index is 5.32. The van der Waals surface area contributed by atoms with Gasteiger partial charge in [-0.15, -0.1) is 0 Å². The number of thioether (sulfide) groups is 1. The summed E-state index contributed by atoms with van der Waals surface area (Å²) in [7, 11) is 1.70. The Morgan fingerprint density at radius 1 is 1.33 bits per heavy atom. The fourth-order valence-corrected chi connectivity index (χ4v) is 2.25. The molecular formula is C15H27N3O2S. The number of guanidine groups is 1. The number of furan rings is 1. The number of nitrogens with one attached hydrogen (secondary N) is 2. The summed E-state index contributed by atoms with van der Waals surface area (Å²) in [6.07, 6.45) is 7.02. The number of methoxy groups -OCH3 is 1. The van der Waals surface area contributed by atoms with E-state index in [1.54, 1.807) is 13.4 Å². The molecular weight excluding hydrogens is 286 g/mol. The first-order valence-corrected chi connectivity index (χ1v) is 8.78. The van der Waals surface area contributed by atoms with Crippen molar-refractivity contribution < 1.29 is 9.15 Å². The Morgan fingerprint density at radius 3 is 2.90 bits per heavy atom. The van der Waals surface area contributed by atoms with Gasteiger partial charge in [0.1, 0.15) is 5.76 Å². The summed E-state index contributed by atoms with van der Waals surface area (Å²) in [6.45, 7) is 3.08. The van der Waals surface area contributed by atoms with Crippen LogP contribution in [-0.4, -0.2) is 51.3 Å². The van der Waals surface area contributed by atoms with Crippen LogP contribution in [0.3, 0.4) is 0 Å². The molecule has 0 aliphatic carbocycles. The lowest BCUT2D eigenvalue weighted by Crippen LogP contribution is -2.40. The molecule has 0 radical (unpaired) electrons. The highest BCUT2D eigenvalue weighted by Crippen LogP contribution is 2.00. The summed E-state index contributed by atoms with van der Waals surface area (Å²) in [5.74, 6) is 3.04. The second kappa shape index (κ2) is 12.6. The SMILES string of the molecule is COCCNC(=NCCCCSC)NCCc1ccco1. The van der Waals surface area contributed by atoms with Crippen LogP contribution in [0, 0.1) is 0 Å². The molecule has 120 valence electrons. The minimum atomic E-state index is 0.672. The van der Waals surface area contributed by atoms with Crippen LogP contribution in [0.25, 0.3) is 0 Å². The zero-order valence-corrected chi connectivity index (χ0v) is 13.9. The van der Waals surface area contributed by atoms with Crippen molar-refractivity contribution in [3.63, 3.8) is 0 Å². The van der Waals surface area contributed by atoms with Crippen molar-refractivity contribution >= 4 is 17.7 Å². The summed E-state index contributed by atoms with van der Waals surface area (Å²) in [5, 5.41) is 6.60. The first kappa shape index (κ1) is 17.9. The van der Waals surface area contributed by atoms with Gasteiger partial charge in [0, 0.05) is 33.2 Å². The lowest BCUT2D eigenvalue weighted by molar-refractivity contribution is 0.203. The summed E-state index contributed by atoms with van der Waals surface area (Å²) in [6, 6.07) is 3.90. The molecule has 0 amide bonds. The molecule has 0 fully saturated rings. The molecule has 1 aromatic rings. The molecule has 0 saturated heterocycles. The van der Waals surface area contributed by atoms with E-state index in [1.807, 2.05) is 23.9 Å². The zero-order chi connectivity index (χ0) is 15.2. The van der Waals surface area contributed by atoms with Gasteiger partial charge in [0.05, 0.1) is 12.9 Å². The Balaban J connectivity index is 2.26. The smallest absolute Gasteiger partial charge is 0.191 e. The summed E-state index contributed by atoms with van der Waals surface area (Å²) in [4.78, 5) is 4.59. The first-order chi connectivity index (χ1) is 10.4. The fourth-order valence-electron chi connectivity index (χ4n) is 1.75. The number of unbranched alkanes of at least 4 members (excludes halogenated alkanes) is 1. The van der Waals surface area contributed by atoms with E-state index in [0.29, 0.717) is 6.61 Å². The van der Waals surface area contributed by atoms with Gasteiger partial charge in [-0.05, 0) is 37.0 Å². The predicted octanol–water partition coefficient (Wildman–Crippen LogP) is 2.15. The van der Waals surface area contributed by atoms with Crippen LogP contribution in [0.1, 0.15) is 18.6 Å². The molecule has 0 spiro atoms. The van der Waals surface area contributed by atoms with Crippen molar-refractivity contribution in [3.8, 4) is 0 Å². The minimum absolute atomic E-state index is 0.672. The van der Waals surface area contributed by atoms with E-state index in [4.69, 9.17) is 9.15 Å². The van der Waals surface area contributed by atoms with Gasteiger partial charge in [0.15, 0.2) is 5.96 Å². The monoisotopic (exact) mass is 313 g/mol. The van der Waals surface area contributed by atoms with Crippen LogP contribution >= 0.6 is 11.8 Å². The second-order valence-electron chi connectivity index (χ2n) is 4.61. The van der Waals surface area contributed by atoms with Crippen LogP contribution in [0.15, 0.2) is 27.8 Å². The number of rotatable bonds is 11. The van der Waals surface area contributed by atoms with Crippen LogP contribution < -0.4 is 10.6 Å². The Bertz CT molecular complexity index is 369. The van der Waals surface area contributed by atoms with Gasteiger partial charge in [-0.25, -0.2) is 0 Å². The topological polar surface area (TPSA) is 58.8 Å². The quantitative estimate of drug-likeness (QED) is 0.372. The average molecular weight is 313 g/mol. The van der Waals surface area contributed by atoms with Crippen LogP contribution in [0.5, 0.6) is 0 Å². The predicted molar refractivity (Wildman–Crippen MR) is 90.2 cm³/mol. The highest BCUT2D eigenvalue weighted by atomic mass is 32.2. The molecule has 0 aliphatic heterocycles. The Labute approximate surface area is 131 Å². The summed E-state index contributed by atoms with van der Waals surface area (Å²) in [5.41, 5.74) is 0. The molecule has 2 N–H and O–H groups in total. The maximum Gasteiger partial charge on any atom is 0.191 e. The molecule has 5 nitrogen and oxygen atoms in total. The second-order valence-corrected chi connectivity index (χ2v) is 5.59. The lowest BCUT2D eigenvalue weighted by Gasteiger charge is -2.12. The van der Waals surface area contributed by atoms with Crippen LogP contribution in [-0.2, 0) is 11.2 Å². The van der Waals surface area contributed by atoms with E-state index < -0.39 is 0 Å². The van der Waals surface area contributed by atoms with Crippen LogP contribution in [0.4, 0.5) is 0 Å². The number of hydrogen-bond donors (Lipinski definition) is 2. The van der Waals surface area contributed by atoms with E-state index in [-0.39, 0.29) is 0 Å². The molecule has 0 unspecified atom stereocenters. The van der Waals surface area contributed by atoms with Crippen LogP contribution in [0.2, 0.25) is 0 Å². The normalized spacial score (nSPS) is 11.6. The Hall–Kier alpha value is -1.14. The molecule has 6 heteroatoms. The number of hydrogen-bond acceptors (Lipinski definition) is 4. The third-order valence-electron chi connectivity index (χ3n) is 2.87. The first-order valence-electron chi connectivity index (χ1n) is 7.39. The molecule has 21 heavy (non-hydrogen) atoms. The highest BCUT2D eigenvalue weighted by Gasteiger charge is 2.00. The third-order valence-corrected chi connectivity index (χ3v) is 3.57. The van der Waals surface area contributed by atoms with E-state index in [9.17, 15) is 0 Å². The molecule has 1 aromatic heterocycles. The number of ether oxygens (including phenoxy) is 1. The fraction of sp³-hybridized carbons (Fsp3) is 0.667. The molecule has 0 atom stereocenters. The Morgan fingerprint density at radius 2 is 2.19 bits per heavy atom. The number of nitrogens with zero attached hydrogens (tertiary/aromatic N) is 1. The van der Waals surface area contributed by atoms with Crippen molar-refractivity contribution in [2.75, 3.05) is 45.4 Å². The standard InChI is InChI=1S/C15H27N3O2S/c1-19-12-10-18-15(16-8-3-4-13-21-2)17-9-7-14-6-5-11-20-14/h5-6,11H,3-4,7-10,12-13H2,1-2H3,(H2,16,17,18). The molecule has 0 bridgehead atoms. The molecule has 0 aliphatic rings. The van der Waals surface area contributed by atoms with E-state index in [0.717, 1.165) is 44.2 Å². The zero-order valence-electron chi connectivity index (χ0n) is 13.1. The van der Waals surface area contributed by atoms with Crippen molar-refractivity contribution in [1.82, 2.24) is 10.6 Å². The van der Waals surface area contributed by atoms with Crippen molar-refractivity contribution in [3.05, 3.63) is 24.2 Å². The summed E-state index contributed by atoms with van der Waals surface area (Å²) >= 11 is 1.88. The van der Waals surface area contributed by atoms with E-state index in [1.165, 1.54) is 12.2 Å². The minimum Gasteiger partial charge on any atom is -0.469 e. The molecule has 1 heterocycles. The van der Waals surface area contributed by atoms with Gasteiger partial charge in [-0.3, -0.25) is 4.99 Å². The molecule has 0 saturated carbocycles. The summed E-state index contributed by atoms with van der Waals surface area (Å²) < 4.78 is 10.4. The van der Waals surface area contributed by atoms with Crippen molar-refractivity contribution in [2.24, 2.45) is 4.99 Å². The van der Waals surface area contributed by atoms with Gasteiger partial charge in [0.2, 0.25) is 0 Å². The van der Waals surface area contributed by atoms with E-state index >= 15 is 0 Å². The Kier molecular flexibility index (Phi) is 10.7. The number of aliphatic imine (C=N–C) groups is 1. The van der Waals surface area contributed by atoms with Gasteiger partial charge in [-0.1, -0.05) is 0 Å². The third kappa shape index (κ3) is 9.42.